The van der Waals surface area contributed by atoms with Crippen LogP contribution in [0.3, 0.4) is 0 Å². The Morgan fingerprint density at radius 3 is 2.57 bits per heavy atom. The van der Waals surface area contributed by atoms with Crippen molar-refractivity contribution in [2.24, 2.45) is 0 Å². The summed E-state index contributed by atoms with van der Waals surface area (Å²) in [7, 11) is -1.04. The lowest BCUT2D eigenvalue weighted by Crippen LogP contribution is -2.39. The summed E-state index contributed by atoms with van der Waals surface area (Å²) in [4.78, 5) is 1.73. The Hall–Kier alpha value is -3.66. The average Bonchev–Trinajstić information content (AvgIpc) is 3.24. The van der Waals surface area contributed by atoms with Crippen molar-refractivity contribution in [3.8, 4) is 11.5 Å². The first-order chi connectivity index (χ1) is 14.4. The number of nitrogens with one attached hydrogen (secondary N) is 3. The van der Waals surface area contributed by atoms with Crippen molar-refractivity contribution < 1.29 is 22.3 Å². The smallest absolute Gasteiger partial charge is 0.265 e. The van der Waals surface area contributed by atoms with Gasteiger partial charge in [0.15, 0.2) is 0 Å². The zero-order chi connectivity index (χ0) is 21.3. The predicted molar refractivity (Wildman–Crippen MR) is 113 cm³/mol. The Kier molecular flexibility index (Phi) is 5.00. The molecule has 1 aromatic heterocycles. The molecular weight excluding hydrogens is 408 g/mol. The molecule has 1 aliphatic rings. The fraction of sp³-hybridized carbons (Fsp3) is 0.150. The van der Waals surface area contributed by atoms with Crippen molar-refractivity contribution in [2.75, 3.05) is 35.8 Å². The summed E-state index contributed by atoms with van der Waals surface area (Å²) in [6.07, 6.45) is 1.53. The number of hydrogen-bond acceptors (Lipinski definition) is 7. The second-order valence-corrected chi connectivity index (χ2v) is 8.09. The molecule has 0 unspecified atom stereocenters. The number of furan rings is 1. The molecule has 0 bridgehead atoms. The van der Waals surface area contributed by atoms with Crippen LogP contribution in [0.15, 0.2) is 64.1 Å². The second kappa shape index (κ2) is 7.64. The zero-order valence-corrected chi connectivity index (χ0v) is 17.1. The van der Waals surface area contributed by atoms with E-state index in [4.69, 9.17) is 19.3 Å². The number of ether oxygens (including phenoxy) is 2. The van der Waals surface area contributed by atoms with Gasteiger partial charge in [-0.1, -0.05) is 0 Å². The van der Waals surface area contributed by atoms with E-state index in [1.807, 2.05) is 0 Å². The largest absolute Gasteiger partial charge is 0.497 e. The zero-order valence-electron chi connectivity index (χ0n) is 16.3. The first-order valence-corrected chi connectivity index (χ1v) is 10.4. The maximum Gasteiger partial charge on any atom is 0.265 e. The molecule has 9 nitrogen and oxygen atoms in total. The first-order valence-electron chi connectivity index (χ1n) is 8.95. The average molecular weight is 428 g/mol. The molecule has 0 saturated heterocycles. The fourth-order valence-electron chi connectivity index (χ4n) is 3.14. The van der Waals surface area contributed by atoms with E-state index in [-0.39, 0.29) is 10.6 Å². The lowest BCUT2D eigenvalue weighted by molar-refractivity contribution is 0.392. The third kappa shape index (κ3) is 3.52. The van der Waals surface area contributed by atoms with Crippen molar-refractivity contribution >= 4 is 33.1 Å². The van der Waals surface area contributed by atoms with Gasteiger partial charge in [-0.3, -0.25) is 10.1 Å². The predicted octanol–water partition coefficient (Wildman–Crippen LogP) is 3.31. The summed E-state index contributed by atoms with van der Waals surface area (Å²) in [5.41, 5.74) is 1.78. The quantitative estimate of drug-likeness (QED) is 0.551. The molecule has 0 aliphatic carbocycles. The fourth-order valence-corrected chi connectivity index (χ4v) is 4.39. The molecule has 0 saturated carbocycles. The minimum atomic E-state index is -3.91. The Balaban J connectivity index is 1.56. The lowest BCUT2D eigenvalue weighted by Gasteiger charge is -2.29. The number of benzene rings is 2. The normalized spacial score (nSPS) is 13.4. The molecular formula is C20H20N4O5S. The highest BCUT2D eigenvalue weighted by Gasteiger charge is 2.25. The number of amidine groups is 1. The Bertz CT molecular complexity index is 1190. The van der Waals surface area contributed by atoms with Gasteiger partial charge >= 0.3 is 0 Å². The molecule has 3 N–H and O–H groups in total. The van der Waals surface area contributed by atoms with E-state index in [2.05, 4.69) is 10.0 Å². The van der Waals surface area contributed by atoms with Gasteiger partial charge in [0.2, 0.25) is 5.88 Å². The first kappa shape index (κ1) is 19.6. The molecule has 0 amide bonds. The van der Waals surface area contributed by atoms with Gasteiger partial charge in [-0.2, -0.15) is 0 Å². The molecule has 0 atom stereocenters. The molecule has 10 heteroatoms. The molecule has 2 aromatic carbocycles. The van der Waals surface area contributed by atoms with E-state index in [1.165, 1.54) is 32.6 Å². The van der Waals surface area contributed by atoms with Crippen molar-refractivity contribution in [1.29, 1.82) is 5.41 Å². The highest BCUT2D eigenvalue weighted by atomic mass is 32.2. The highest BCUT2D eigenvalue weighted by molar-refractivity contribution is 7.92. The van der Waals surface area contributed by atoms with Gasteiger partial charge in [-0.15, -0.1) is 0 Å². The standard InChI is InChI=1S/C20H20N4O5S/c1-27-15-7-8-17(28-2)18(11-15)30(25,26)23-13-3-5-14(6-4-13)24-12-22-20-16(19(24)21)9-10-29-20/h3-11,21-23H,12H2,1-2H3. The summed E-state index contributed by atoms with van der Waals surface area (Å²) in [5, 5.41) is 11.5. The number of methoxy groups -OCH3 is 2. The van der Waals surface area contributed by atoms with Crippen molar-refractivity contribution in [1.82, 2.24) is 0 Å². The van der Waals surface area contributed by atoms with Crippen LogP contribution in [0, 0.1) is 5.41 Å². The summed E-state index contributed by atoms with van der Waals surface area (Å²) < 4.78 is 43.9. The molecule has 3 aromatic rings. The summed E-state index contributed by atoms with van der Waals surface area (Å²) >= 11 is 0. The molecule has 4 rings (SSSR count). The lowest BCUT2D eigenvalue weighted by atomic mass is 10.2. The van der Waals surface area contributed by atoms with E-state index < -0.39 is 10.0 Å². The molecule has 0 fully saturated rings. The van der Waals surface area contributed by atoms with Crippen LogP contribution in [-0.4, -0.2) is 35.1 Å². The van der Waals surface area contributed by atoms with Crippen molar-refractivity contribution in [3.63, 3.8) is 0 Å². The van der Waals surface area contributed by atoms with E-state index in [1.54, 1.807) is 41.3 Å². The van der Waals surface area contributed by atoms with E-state index in [9.17, 15) is 8.42 Å². The minimum Gasteiger partial charge on any atom is -0.497 e. The maximum atomic E-state index is 12.9. The number of rotatable bonds is 6. The summed E-state index contributed by atoms with van der Waals surface area (Å²) in [5.74, 6) is 1.48. The van der Waals surface area contributed by atoms with Crippen LogP contribution >= 0.6 is 0 Å². The molecule has 30 heavy (non-hydrogen) atoms. The van der Waals surface area contributed by atoms with E-state index in [0.29, 0.717) is 35.4 Å². The van der Waals surface area contributed by atoms with Gasteiger partial charge in [0.1, 0.15) is 22.2 Å². The number of fused-ring (bicyclic) bond motifs is 1. The Morgan fingerprint density at radius 1 is 1.10 bits per heavy atom. The molecule has 156 valence electrons. The van der Waals surface area contributed by atoms with Crippen LogP contribution < -0.4 is 24.4 Å². The molecule has 1 aliphatic heterocycles. The van der Waals surface area contributed by atoms with Gasteiger partial charge in [0.25, 0.3) is 10.0 Å². The van der Waals surface area contributed by atoms with Gasteiger partial charge in [0, 0.05) is 17.4 Å². The van der Waals surface area contributed by atoms with E-state index in [0.717, 1.165) is 5.69 Å². The van der Waals surface area contributed by atoms with Crippen LogP contribution in [0.2, 0.25) is 0 Å². The Morgan fingerprint density at radius 2 is 1.87 bits per heavy atom. The molecule has 2 heterocycles. The SMILES string of the molecule is COc1ccc(OC)c(S(=O)(=O)Nc2ccc(N3CNc4occc4C3=N)cc2)c1. The van der Waals surface area contributed by atoms with Gasteiger partial charge in [-0.25, -0.2) is 8.42 Å². The minimum absolute atomic E-state index is 0.0251. The van der Waals surface area contributed by atoms with Crippen molar-refractivity contribution in [3.05, 3.63) is 60.4 Å². The number of hydrogen-bond donors (Lipinski definition) is 3. The van der Waals surface area contributed by atoms with Crippen LogP contribution in [-0.2, 0) is 10.0 Å². The topological polar surface area (TPSA) is 117 Å². The second-order valence-electron chi connectivity index (χ2n) is 6.44. The number of nitrogens with zero attached hydrogens (tertiary/aromatic N) is 1. The monoisotopic (exact) mass is 428 g/mol. The Labute approximate surface area is 173 Å². The van der Waals surface area contributed by atoms with Crippen LogP contribution in [0.5, 0.6) is 11.5 Å². The number of anilines is 3. The van der Waals surface area contributed by atoms with Crippen LogP contribution in [0.4, 0.5) is 17.3 Å². The third-order valence-electron chi connectivity index (χ3n) is 4.68. The van der Waals surface area contributed by atoms with E-state index >= 15 is 0 Å². The van der Waals surface area contributed by atoms with Gasteiger partial charge < -0.3 is 24.1 Å². The van der Waals surface area contributed by atoms with Gasteiger partial charge in [-0.05, 0) is 42.5 Å². The van der Waals surface area contributed by atoms with Gasteiger partial charge in [0.05, 0.1) is 32.7 Å². The molecule has 0 spiro atoms. The van der Waals surface area contributed by atoms with Crippen molar-refractivity contribution in [2.45, 2.75) is 4.90 Å². The molecule has 0 radical (unpaired) electrons. The number of sulfonamides is 1. The summed E-state index contributed by atoms with van der Waals surface area (Å²) in [6, 6.07) is 13.0. The maximum absolute atomic E-state index is 12.9. The summed E-state index contributed by atoms with van der Waals surface area (Å²) in [6.45, 7) is 0.366. The third-order valence-corrected chi connectivity index (χ3v) is 6.08. The van der Waals surface area contributed by atoms with Crippen LogP contribution in [0.1, 0.15) is 5.56 Å². The highest BCUT2D eigenvalue weighted by Crippen LogP contribution is 2.31. The van der Waals surface area contributed by atoms with Crippen LogP contribution in [0.25, 0.3) is 0 Å².